The summed E-state index contributed by atoms with van der Waals surface area (Å²) in [6.45, 7) is 0. The third-order valence-electron chi connectivity index (χ3n) is 2.29. The molecule has 0 atom stereocenters. The lowest BCUT2D eigenvalue weighted by Gasteiger charge is -2.05. The summed E-state index contributed by atoms with van der Waals surface area (Å²) in [6.07, 6.45) is 5.10. The molecule has 0 aliphatic heterocycles. The van der Waals surface area contributed by atoms with Crippen LogP contribution in [0.25, 0.3) is 0 Å². The number of aldehydes is 1. The Morgan fingerprint density at radius 3 is 3.00 bits per heavy atom. The molecular formula is C10H12N2O2. The Bertz CT molecular complexity index is 348. The molecular weight excluding hydrogens is 180 g/mol. The molecule has 0 amide bonds. The highest BCUT2D eigenvalue weighted by Gasteiger charge is 2.27. The van der Waals surface area contributed by atoms with Gasteiger partial charge in [0.15, 0.2) is 5.75 Å². The van der Waals surface area contributed by atoms with E-state index in [1.807, 2.05) is 0 Å². The topological polar surface area (TPSA) is 52.1 Å². The average Bonchev–Trinajstić information content (AvgIpc) is 3.01. The van der Waals surface area contributed by atoms with Crippen molar-refractivity contribution < 1.29 is 9.53 Å². The molecule has 1 aromatic rings. The van der Waals surface area contributed by atoms with Gasteiger partial charge in [-0.15, -0.1) is 0 Å². The molecule has 0 N–H and O–H groups in total. The van der Waals surface area contributed by atoms with E-state index in [0.717, 1.165) is 25.0 Å². The smallest absolute Gasteiger partial charge is 0.159 e. The van der Waals surface area contributed by atoms with Gasteiger partial charge < -0.3 is 9.53 Å². The molecule has 4 heteroatoms. The number of nitrogens with zero attached hydrogens (tertiary/aromatic N) is 2. The molecule has 74 valence electrons. The minimum absolute atomic E-state index is 0.297. The summed E-state index contributed by atoms with van der Waals surface area (Å²) in [5.74, 6) is 1.95. The number of carbonyl (C=O) groups is 1. The monoisotopic (exact) mass is 192 g/mol. The molecule has 0 saturated heterocycles. The lowest BCUT2D eigenvalue weighted by molar-refractivity contribution is -0.107. The van der Waals surface area contributed by atoms with Crippen molar-refractivity contribution in [2.75, 3.05) is 7.11 Å². The lowest BCUT2D eigenvalue weighted by Crippen LogP contribution is -2.02. The Kier molecular flexibility index (Phi) is 2.43. The van der Waals surface area contributed by atoms with E-state index in [1.54, 1.807) is 13.3 Å². The standard InChI is InChI=1S/C10H12N2O2/c1-14-9-6-11-10(7-2-3-7)12-8(9)4-5-13/h5-7H,2-4H2,1H3. The second kappa shape index (κ2) is 3.74. The molecule has 0 aromatic carbocycles. The fourth-order valence-electron chi connectivity index (χ4n) is 1.36. The Hall–Kier alpha value is -1.45. The summed E-state index contributed by atoms with van der Waals surface area (Å²) in [6, 6.07) is 0. The molecule has 2 rings (SSSR count). The molecule has 1 saturated carbocycles. The fourth-order valence-corrected chi connectivity index (χ4v) is 1.36. The third kappa shape index (κ3) is 1.73. The van der Waals surface area contributed by atoms with E-state index in [4.69, 9.17) is 4.74 Å². The van der Waals surface area contributed by atoms with Gasteiger partial charge in [-0.05, 0) is 12.8 Å². The number of hydrogen-bond donors (Lipinski definition) is 0. The Morgan fingerprint density at radius 2 is 2.43 bits per heavy atom. The van der Waals surface area contributed by atoms with Gasteiger partial charge in [-0.1, -0.05) is 0 Å². The molecule has 1 heterocycles. The van der Waals surface area contributed by atoms with Gasteiger partial charge in [0.05, 0.1) is 19.0 Å². The summed E-state index contributed by atoms with van der Waals surface area (Å²) in [5.41, 5.74) is 0.694. The number of aromatic nitrogens is 2. The number of carbonyl (C=O) groups excluding carboxylic acids is 1. The second-order valence-corrected chi connectivity index (χ2v) is 3.39. The molecule has 1 fully saturated rings. The first-order valence-corrected chi connectivity index (χ1v) is 4.68. The molecule has 0 unspecified atom stereocenters. The normalized spacial score (nSPS) is 15.2. The van der Waals surface area contributed by atoms with Crippen molar-refractivity contribution in [1.82, 2.24) is 9.97 Å². The molecule has 1 aliphatic rings. The van der Waals surface area contributed by atoms with Crippen LogP contribution < -0.4 is 4.74 Å². The van der Waals surface area contributed by atoms with Crippen LogP contribution in [-0.4, -0.2) is 23.4 Å². The van der Waals surface area contributed by atoms with Crippen molar-refractivity contribution in [1.29, 1.82) is 0 Å². The molecule has 0 radical (unpaired) electrons. The van der Waals surface area contributed by atoms with Gasteiger partial charge in [-0.25, -0.2) is 9.97 Å². The van der Waals surface area contributed by atoms with Gasteiger partial charge in [-0.2, -0.15) is 0 Å². The zero-order valence-corrected chi connectivity index (χ0v) is 8.06. The summed E-state index contributed by atoms with van der Waals surface area (Å²) in [4.78, 5) is 19.0. The number of methoxy groups -OCH3 is 1. The van der Waals surface area contributed by atoms with E-state index >= 15 is 0 Å². The first-order chi connectivity index (χ1) is 6.85. The van der Waals surface area contributed by atoms with Crippen LogP contribution in [0, 0.1) is 0 Å². The van der Waals surface area contributed by atoms with Crippen molar-refractivity contribution >= 4 is 6.29 Å². The van der Waals surface area contributed by atoms with Crippen molar-refractivity contribution in [3.05, 3.63) is 17.7 Å². The van der Waals surface area contributed by atoms with Crippen LogP contribution in [0.2, 0.25) is 0 Å². The predicted molar refractivity (Wildman–Crippen MR) is 50.3 cm³/mol. The first-order valence-electron chi connectivity index (χ1n) is 4.68. The molecule has 1 aliphatic carbocycles. The third-order valence-corrected chi connectivity index (χ3v) is 2.29. The predicted octanol–water partition coefficient (Wildman–Crippen LogP) is 1.10. The van der Waals surface area contributed by atoms with E-state index in [9.17, 15) is 4.79 Å². The van der Waals surface area contributed by atoms with E-state index in [2.05, 4.69) is 9.97 Å². The summed E-state index contributed by atoms with van der Waals surface area (Å²) < 4.78 is 5.07. The quantitative estimate of drug-likeness (QED) is 0.670. The maximum atomic E-state index is 10.4. The van der Waals surface area contributed by atoms with Crippen molar-refractivity contribution in [2.45, 2.75) is 25.2 Å². The molecule has 0 spiro atoms. The van der Waals surface area contributed by atoms with Gasteiger partial charge in [0.2, 0.25) is 0 Å². The van der Waals surface area contributed by atoms with Gasteiger partial charge in [-0.3, -0.25) is 0 Å². The second-order valence-electron chi connectivity index (χ2n) is 3.39. The molecule has 4 nitrogen and oxygen atoms in total. The zero-order valence-electron chi connectivity index (χ0n) is 8.06. The Labute approximate surface area is 82.3 Å². The molecule has 1 aromatic heterocycles. The maximum Gasteiger partial charge on any atom is 0.159 e. The molecule has 14 heavy (non-hydrogen) atoms. The van der Waals surface area contributed by atoms with Crippen LogP contribution in [0.5, 0.6) is 5.75 Å². The van der Waals surface area contributed by atoms with Gasteiger partial charge in [0.1, 0.15) is 12.1 Å². The number of hydrogen-bond acceptors (Lipinski definition) is 4. The van der Waals surface area contributed by atoms with Crippen LogP contribution in [0.15, 0.2) is 6.20 Å². The van der Waals surface area contributed by atoms with E-state index in [-0.39, 0.29) is 0 Å². The van der Waals surface area contributed by atoms with Crippen LogP contribution in [-0.2, 0) is 11.2 Å². The number of ether oxygens (including phenoxy) is 1. The Morgan fingerprint density at radius 1 is 1.64 bits per heavy atom. The van der Waals surface area contributed by atoms with E-state index in [1.165, 1.54) is 0 Å². The summed E-state index contributed by atoms with van der Waals surface area (Å²) >= 11 is 0. The first kappa shape index (κ1) is 9.12. The highest BCUT2D eigenvalue weighted by Crippen LogP contribution is 2.38. The zero-order chi connectivity index (χ0) is 9.97. The van der Waals surface area contributed by atoms with Gasteiger partial charge in [0.25, 0.3) is 0 Å². The summed E-state index contributed by atoms with van der Waals surface area (Å²) in [5, 5.41) is 0. The van der Waals surface area contributed by atoms with Gasteiger partial charge in [0, 0.05) is 12.3 Å². The minimum Gasteiger partial charge on any atom is -0.493 e. The summed E-state index contributed by atoms with van der Waals surface area (Å²) in [7, 11) is 1.56. The van der Waals surface area contributed by atoms with Crippen molar-refractivity contribution in [2.24, 2.45) is 0 Å². The van der Waals surface area contributed by atoms with Crippen LogP contribution in [0.3, 0.4) is 0 Å². The highest BCUT2D eigenvalue weighted by atomic mass is 16.5. The SMILES string of the molecule is COc1cnc(C2CC2)nc1CC=O. The molecule has 0 bridgehead atoms. The fraction of sp³-hybridized carbons (Fsp3) is 0.500. The lowest BCUT2D eigenvalue weighted by atomic mass is 10.3. The largest absolute Gasteiger partial charge is 0.493 e. The van der Waals surface area contributed by atoms with Crippen LogP contribution >= 0.6 is 0 Å². The van der Waals surface area contributed by atoms with Crippen LogP contribution in [0.1, 0.15) is 30.3 Å². The van der Waals surface area contributed by atoms with Gasteiger partial charge >= 0.3 is 0 Å². The van der Waals surface area contributed by atoms with E-state index in [0.29, 0.717) is 23.8 Å². The van der Waals surface area contributed by atoms with Crippen LogP contribution in [0.4, 0.5) is 0 Å². The minimum atomic E-state index is 0.297. The van der Waals surface area contributed by atoms with E-state index < -0.39 is 0 Å². The number of rotatable bonds is 4. The Balaban J connectivity index is 2.30. The highest BCUT2D eigenvalue weighted by molar-refractivity contribution is 5.55. The maximum absolute atomic E-state index is 10.4. The van der Waals surface area contributed by atoms with Crippen molar-refractivity contribution in [3.8, 4) is 5.75 Å². The van der Waals surface area contributed by atoms with Crippen molar-refractivity contribution in [3.63, 3.8) is 0 Å². The average molecular weight is 192 g/mol.